The van der Waals surface area contributed by atoms with Crippen LogP contribution in [-0.4, -0.2) is 44.1 Å². The van der Waals surface area contributed by atoms with E-state index in [9.17, 15) is 0 Å². The van der Waals surface area contributed by atoms with Gasteiger partial charge >= 0.3 is 0 Å². The van der Waals surface area contributed by atoms with Crippen molar-refractivity contribution in [1.82, 2.24) is 24.5 Å². The Kier molecular flexibility index (Phi) is 5.10. The third-order valence-corrected chi connectivity index (χ3v) is 5.27. The maximum Gasteiger partial charge on any atom is 0.227 e. The highest BCUT2D eigenvalue weighted by Crippen LogP contribution is 2.28. The molecule has 7 nitrogen and oxygen atoms in total. The topological polar surface area (TPSA) is 71.8 Å². The maximum absolute atomic E-state index is 4.65. The average molecular weight is 369 g/mol. The molecular formula is C18H23N7S. The van der Waals surface area contributed by atoms with Crippen molar-refractivity contribution in [1.29, 1.82) is 0 Å². The summed E-state index contributed by atoms with van der Waals surface area (Å²) in [4.78, 5) is 20.5. The summed E-state index contributed by atoms with van der Waals surface area (Å²) in [5.74, 6) is 3.18. The van der Waals surface area contributed by atoms with E-state index in [1.54, 1.807) is 11.3 Å². The molecule has 1 N–H and O–H groups in total. The third kappa shape index (κ3) is 3.70. The fourth-order valence-corrected chi connectivity index (χ4v) is 4.00. The third-order valence-electron chi connectivity index (χ3n) is 4.63. The lowest BCUT2D eigenvalue weighted by molar-refractivity contribution is 0.471. The number of hydrogen-bond acceptors (Lipinski definition) is 7. The number of imidazole rings is 1. The molecule has 0 radical (unpaired) electrons. The largest absolute Gasteiger partial charge is 0.370 e. The number of nitrogens with one attached hydrogen (secondary N) is 1. The number of hydrogen-bond donors (Lipinski definition) is 1. The van der Waals surface area contributed by atoms with Crippen LogP contribution >= 0.6 is 11.3 Å². The van der Waals surface area contributed by atoms with Crippen molar-refractivity contribution >= 4 is 23.1 Å². The summed E-state index contributed by atoms with van der Waals surface area (Å²) in [6, 6.07) is 1.91. The molecule has 8 heteroatoms. The Hall–Kier alpha value is -2.48. The van der Waals surface area contributed by atoms with Gasteiger partial charge in [-0.2, -0.15) is 4.98 Å². The SMILES string of the molecule is CCNc1ccnc(N2CCCC(c3nccn3Cc3cscn3)C2)n1. The van der Waals surface area contributed by atoms with Gasteiger partial charge in [-0.05, 0) is 25.8 Å². The summed E-state index contributed by atoms with van der Waals surface area (Å²) < 4.78 is 2.22. The Labute approximate surface area is 157 Å². The second-order valence-electron chi connectivity index (χ2n) is 6.45. The Morgan fingerprint density at radius 1 is 1.27 bits per heavy atom. The average Bonchev–Trinajstić information content (AvgIpc) is 3.35. The van der Waals surface area contributed by atoms with Gasteiger partial charge in [-0.1, -0.05) is 0 Å². The molecule has 1 aliphatic heterocycles. The fraction of sp³-hybridized carbons (Fsp3) is 0.444. The molecule has 0 amide bonds. The predicted octanol–water partition coefficient (Wildman–Crippen LogP) is 2.99. The molecule has 0 aromatic carbocycles. The summed E-state index contributed by atoms with van der Waals surface area (Å²) in [7, 11) is 0. The van der Waals surface area contributed by atoms with E-state index in [0.717, 1.165) is 62.3 Å². The van der Waals surface area contributed by atoms with Crippen LogP contribution in [0.4, 0.5) is 11.8 Å². The standard InChI is InChI=1S/C18H23N7S/c1-2-19-16-5-6-21-18(23-16)25-8-3-4-14(10-25)17-20-7-9-24(17)11-15-12-26-13-22-15/h5-7,9,12-14H,2-4,8,10-11H2,1H3,(H,19,21,23). The van der Waals surface area contributed by atoms with E-state index in [2.05, 4.69) is 53.2 Å². The molecular weight excluding hydrogens is 346 g/mol. The molecule has 0 bridgehead atoms. The lowest BCUT2D eigenvalue weighted by Gasteiger charge is -2.32. The molecule has 1 atom stereocenters. The maximum atomic E-state index is 4.65. The van der Waals surface area contributed by atoms with Crippen LogP contribution in [0, 0.1) is 0 Å². The molecule has 4 rings (SSSR count). The monoisotopic (exact) mass is 369 g/mol. The highest BCUT2D eigenvalue weighted by Gasteiger charge is 2.26. The Balaban J connectivity index is 1.51. The van der Waals surface area contributed by atoms with Gasteiger partial charge in [0.1, 0.15) is 11.6 Å². The van der Waals surface area contributed by atoms with Crippen LogP contribution in [0.2, 0.25) is 0 Å². The van der Waals surface area contributed by atoms with Crippen LogP contribution in [-0.2, 0) is 6.54 Å². The van der Waals surface area contributed by atoms with Gasteiger partial charge in [-0.3, -0.25) is 0 Å². The second kappa shape index (κ2) is 7.82. The molecule has 1 fully saturated rings. The zero-order valence-electron chi connectivity index (χ0n) is 14.9. The highest BCUT2D eigenvalue weighted by molar-refractivity contribution is 7.07. The van der Waals surface area contributed by atoms with Crippen molar-refractivity contribution in [3.05, 3.63) is 47.1 Å². The zero-order chi connectivity index (χ0) is 17.8. The van der Waals surface area contributed by atoms with E-state index in [-0.39, 0.29) is 0 Å². The Morgan fingerprint density at radius 2 is 2.23 bits per heavy atom. The van der Waals surface area contributed by atoms with Crippen molar-refractivity contribution in [2.75, 3.05) is 29.9 Å². The normalized spacial score (nSPS) is 17.4. The quantitative estimate of drug-likeness (QED) is 0.720. The predicted molar refractivity (Wildman–Crippen MR) is 104 cm³/mol. The number of anilines is 2. The van der Waals surface area contributed by atoms with Gasteiger partial charge in [0.05, 0.1) is 17.7 Å². The van der Waals surface area contributed by atoms with Gasteiger partial charge < -0.3 is 14.8 Å². The summed E-state index contributed by atoms with van der Waals surface area (Å²) in [5, 5.41) is 5.35. The van der Waals surface area contributed by atoms with Crippen molar-refractivity contribution in [2.24, 2.45) is 0 Å². The van der Waals surface area contributed by atoms with Crippen molar-refractivity contribution < 1.29 is 0 Å². The van der Waals surface area contributed by atoms with E-state index in [4.69, 9.17) is 0 Å². The molecule has 3 aromatic heterocycles. The molecule has 1 saturated heterocycles. The van der Waals surface area contributed by atoms with Crippen LogP contribution < -0.4 is 10.2 Å². The smallest absolute Gasteiger partial charge is 0.227 e. The summed E-state index contributed by atoms with van der Waals surface area (Å²) in [5.41, 5.74) is 2.96. The molecule has 26 heavy (non-hydrogen) atoms. The first-order valence-electron chi connectivity index (χ1n) is 9.03. The van der Waals surface area contributed by atoms with E-state index >= 15 is 0 Å². The van der Waals surface area contributed by atoms with Gasteiger partial charge in [-0.15, -0.1) is 11.3 Å². The van der Waals surface area contributed by atoms with Crippen molar-refractivity contribution in [3.8, 4) is 0 Å². The van der Waals surface area contributed by atoms with Crippen LogP contribution in [0.15, 0.2) is 35.5 Å². The first-order chi connectivity index (χ1) is 12.8. The van der Waals surface area contributed by atoms with Crippen LogP contribution in [0.5, 0.6) is 0 Å². The first-order valence-corrected chi connectivity index (χ1v) is 9.97. The minimum atomic E-state index is 0.378. The van der Waals surface area contributed by atoms with Gasteiger partial charge in [0.25, 0.3) is 0 Å². The summed E-state index contributed by atoms with van der Waals surface area (Å²) in [6.07, 6.45) is 8.02. The number of piperidine rings is 1. The molecule has 0 spiro atoms. The minimum absolute atomic E-state index is 0.378. The lowest BCUT2D eigenvalue weighted by Crippen LogP contribution is -2.36. The molecule has 1 unspecified atom stereocenters. The van der Waals surface area contributed by atoms with Gasteiger partial charge in [0.2, 0.25) is 5.95 Å². The summed E-state index contributed by atoms with van der Waals surface area (Å²) >= 11 is 1.63. The number of thiazole rings is 1. The number of aromatic nitrogens is 5. The van der Waals surface area contributed by atoms with Crippen LogP contribution in [0.25, 0.3) is 0 Å². The van der Waals surface area contributed by atoms with Crippen LogP contribution in [0.3, 0.4) is 0 Å². The van der Waals surface area contributed by atoms with E-state index in [1.165, 1.54) is 0 Å². The zero-order valence-corrected chi connectivity index (χ0v) is 15.7. The van der Waals surface area contributed by atoms with Gasteiger partial charge in [0.15, 0.2) is 0 Å². The molecule has 0 saturated carbocycles. The van der Waals surface area contributed by atoms with Crippen molar-refractivity contribution in [3.63, 3.8) is 0 Å². The van der Waals surface area contributed by atoms with Crippen molar-refractivity contribution in [2.45, 2.75) is 32.2 Å². The first kappa shape index (κ1) is 17.0. The molecule has 4 heterocycles. The minimum Gasteiger partial charge on any atom is -0.370 e. The fourth-order valence-electron chi connectivity index (χ4n) is 3.45. The molecule has 1 aliphatic rings. The molecule has 3 aromatic rings. The van der Waals surface area contributed by atoms with Crippen LogP contribution in [0.1, 0.15) is 37.2 Å². The Morgan fingerprint density at radius 3 is 3.08 bits per heavy atom. The molecule has 0 aliphatic carbocycles. The van der Waals surface area contributed by atoms with E-state index in [0.29, 0.717) is 5.92 Å². The number of rotatable bonds is 6. The second-order valence-corrected chi connectivity index (χ2v) is 7.17. The van der Waals surface area contributed by atoms with Gasteiger partial charge in [-0.25, -0.2) is 15.0 Å². The Bertz CT molecular complexity index is 830. The lowest BCUT2D eigenvalue weighted by atomic mass is 9.97. The highest BCUT2D eigenvalue weighted by atomic mass is 32.1. The van der Waals surface area contributed by atoms with Gasteiger partial charge in [0, 0.05) is 49.5 Å². The summed E-state index contributed by atoms with van der Waals surface area (Å²) in [6.45, 7) is 5.58. The molecule has 136 valence electrons. The van der Waals surface area contributed by atoms with E-state index < -0.39 is 0 Å². The van der Waals surface area contributed by atoms with E-state index in [1.807, 2.05) is 24.0 Å². The number of nitrogens with zero attached hydrogens (tertiary/aromatic N) is 6.